The SMILES string of the molecule is CC(C)n1ncnc1CNC1(Cc2ccc(F)cc2)CCOCC1. The maximum absolute atomic E-state index is 13.2. The lowest BCUT2D eigenvalue weighted by Crippen LogP contribution is -2.51. The van der Waals surface area contributed by atoms with Crippen molar-refractivity contribution < 1.29 is 9.13 Å². The van der Waals surface area contributed by atoms with Crippen LogP contribution in [0.25, 0.3) is 0 Å². The molecule has 1 aliphatic rings. The standard InChI is InChI=1S/C18H25FN4O/c1-14(2)23-17(20-13-22-23)12-21-18(7-9-24-10-8-18)11-15-3-5-16(19)6-4-15/h3-6,13-14,21H,7-12H2,1-2H3. The van der Waals surface area contributed by atoms with Crippen LogP contribution in [0.2, 0.25) is 0 Å². The smallest absolute Gasteiger partial charge is 0.141 e. The zero-order valence-electron chi connectivity index (χ0n) is 14.3. The molecule has 1 aliphatic heterocycles. The fourth-order valence-electron chi connectivity index (χ4n) is 3.27. The van der Waals surface area contributed by atoms with Crippen LogP contribution in [-0.2, 0) is 17.7 Å². The number of ether oxygens (including phenoxy) is 1. The maximum atomic E-state index is 13.2. The van der Waals surface area contributed by atoms with Crippen LogP contribution in [0.1, 0.15) is 44.1 Å². The Balaban J connectivity index is 1.73. The molecule has 0 spiro atoms. The van der Waals surface area contributed by atoms with E-state index in [1.165, 1.54) is 12.1 Å². The van der Waals surface area contributed by atoms with Crippen molar-refractivity contribution in [2.24, 2.45) is 0 Å². The molecule has 130 valence electrons. The molecule has 1 fully saturated rings. The molecule has 1 aromatic carbocycles. The summed E-state index contributed by atoms with van der Waals surface area (Å²) in [5, 5.41) is 7.99. The lowest BCUT2D eigenvalue weighted by molar-refractivity contribution is 0.0369. The van der Waals surface area contributed by atoms with Crippen LogP contribution in [0.15, 0.2) is 30.6 Å². The molecule has 0 amide bonds. The number of hydrogen-bond acceptors (Lipinski definition) is 4. The fourth-order valence-corrected chi connectivity index (χ4v) is 3.27. The summed E-state index contributed by atoms with van der Waals surface area (Å²) in [6.07, 6.45) is 4.32. The minimum absolute atomic E-state index is 0.0517. The lowest BCUT2D eigenvalue weighted by Gasteiger charge is -2.38. The molecule has 24 heavy (non-hydrogen) atoms. The summed E-state index contributed by atoms with van der Waals surface area (Å²) in [6, 6.07) is 7.07. The van der Waals surface area contributed by atoms with Crippen LogP contribution in [0.5, 0.6) is 0 Å². The molecule has 0 unspecified atom stereocenters. The average Bonchev–Trinajstić information content (AvgIpc) is 3.05. The largest absolute Gasteiger partial charge is 0.381 e. The third kappa shape index (κ3) is 3.99. The number of hydrogen-bond donors (Lipinski definition) is 1. The molecule has 0 radical (unpaired) electrons. The highest BCUT2D eigenvalue weighted by Gasteiger charge is 2.32. The van der Waals surface area contributed by atoms with E-state index in [1.54, 1.807) is 6.33 Å². The molecule has 6 heteroatoms. The van der Waals surface area contributed by atoms with Gasteiger partial charge in [-0.25, -0.2) is 14.1 Å². The Kier molecular flexibility index (Phi) is 5.26. The van der Waals surface area contributed by atoms with Gasteiger partial charge in [0.05, 0.1) is 6.54 Å². The number of aromatic nitrogens is 3. The molecule has 5 nitrogen and oxygen atoms in total. The van der Waals surface area contributed by atoms with E-state index in [1.807, 2.05) is 16.8 Å². The normalized spacial score (nSPS) is 17.3. The van der Waals surface area contributed by atoms with Crippen molar-refractivity contribution in [2.75, 3.05) is 13.2 Å². The van der Waals surface area contributed by atoms with E-state index in [9.17, 15) is 4.39 Å². The lowest BCUT2D eigenvalue weighted by atomic mass is 9.83. The van der Waals surface area contributed by atoms with Crippen LogP contribution in [-0.4, -0.2) is 33.5 Å². The van der Waals surface area contributed by atoms with Gasteiger partial charge in [-0.3, -0.25) is 0 Å². The predicted octanol–water partition coefficient (Wildman–Crippen LogP) is 2.88. The zero-order valence-corrected chi connectivity index (χ0v) is 14.3. The quantitative estimate of drug-likeness (QED) is 0.884. The second kappa shape index (κ2) is 7.40. The van der Waals surface area contributed by atoms with Gasteiger partial charge in [0.1, 0.15) is 18.0 Å². The third-order valence-electron chi connectivity index (χ3n) is 4.66. The van der Waals surface area contributed by atoms with E-state index in [-0.39, 0.29) is 17.4 Å². The minimum Gasteiger partial charge on any atom is -0.381 e. The minimum atomic E-state index is -0.197. The molecule has 2 aromatic rings. The van der Waals surface area contributed by atoms with Crippen molar-refractivity contribution >= 4 is 0 Å². The molecule has 1 saturated heterocycles. The van der Waals surface area contributed by atoms with Crippen molar-refractivity contribution in [3.05, 3.63) is 47.8 Å². The van der Waals surface area contributed by atoms with Gasteiger partial charge in [0, 0.05) is 24.8 Å². The van der Waals surface area contributed by atoms with Crippen LogP contribution in [0.3, 0.4) is 0 Å². The zero-order chi connectivity index (χ0) is 17.0. The summed E-state index contributed by atoms with van der Waals surface area (Å²) in [5.74, 6) is 0.743. The molecule has 1 aromatic heterocycles. The van der Waals surface area contributed by atoms with Crippen LogP contribution < -0.4 is 5.32 Å². The van der Waals surface area contributed by atoms with Crippen molar-refractivity contribution in [3.8, 4) is 0 Å². The maximum Gasteiger partial charge on any atom is 0.141 e. The number of nitrogens with one attached hydrogen (secondary N) is 1. The van der Waals surface area contributed by atoms with Gasteiger partial charge in [-0.1, -0.05) is 12.1 Å². The van der Waals surface area contributed by atoms with E-state index < -0.39 is 0 Å². The highest BCUT2D eigenvalue weighted by Crippen LogP contribution is 2.26. The Morgan fingerprint density at radius 3 is 2.62 bits per heavy atom. The summed E-state index contributed by atoms with van der Waals surface area (Å²) in [5.41, 5.74) is 1.08. The fraction of sp³-hybridized carbons (Fsp3) is 0.556. The first-order chi connectivity index (χ1) is 11.6. The monoisotopic (exact) mass is 332 g/mol. The Bertz CT molecular complexity index is 647. The van der Waals surface area contributed by atoms with Crippen LogP contribution >= 0.6 is 0 Å². The average molecular weight is 332 g/mol. The van der Waals surface area contributed by atoms with E-state index in [0.717, 1.165) is 43.9 Å². The molecule has 2 heterocycles. The highest BCUT2D eigenvalue weighted by molar-refractivity contribution is 5.19. The van der Waals surface area contributed by atoms with Gasteiger partial charge in [-0.15, -0.1) is 0 Å². The summed E-state index contributed by atoms with van der Waals surface area (Å²) in [7, 11) is 0. The van der Waals surface area contributed by atoms with E-state index in [4.69, 9.17) is 4.74 Å². The predicted molar refractivity (Wildman–Crippen MR) is 90.1 cm³/mol. The number of benzene rings is 1. The van der Waals surface area contributed by atoms with Gasteiger partial charge in [0.15, 0.2) is 0 Å². The Hall–Kier alpha value is -1.79. The summed E-state index contributed by atoms with van der Waals surface area (Å²) in [6.45, 7) is 6.34. The first-order valence-electron chi connectivity index (χ1n) is 8.54. The molecule has 0 bridgehead atoms. The summed E-state index contributed by atoms with van der Waals surface area (Å²) < 4.78 is 20.7. The van der Waals surface area contributed by atoms with Crippen molar-refractivity contribution in [1.82, 2.24) is 20.1 Å². The van der Waals surface area contributed by atoms with E-state index >= 15 is 0 Å². The van der Waals surface area contributed by atoms with E-state index in [0.29, 0.717) is 6.54 Å². The van der Waals surface area contributed by atoms with Crippen molar-refractivity contribution in [1.29, 1.82) is 0 Å². The van der Waals surface area contributed by atoms with E-state index in [2.05, 4.69) is 29.2 Å². The highest BCUT2D eigenvalue weighted by atomic mass is 19.1. The Morgan fingerprint density at radius 1 is 1.25 bits per heavy atom. The number of halogens is 1. The summed E-state index contributed by atoms with van der Waals surface area (Å²) in [4.78, 5) is 4.38. The van der Waals surface area contributed by atoms with Crippen molar-refractivity contribution in [2.45, 2.75) is 51.2 Å². The van der Waals surface area contributed by atoms with Gasteiger partial charge in [-0.05, 0) is 50.8 Å². The second-order valence-electron chi connectivity index (χ2n) is 6.76. The van der Waals surface area contributed by atoms with Gasteiger partial charge < -0.3 is 10.1 Å². The van der Waals surface area contributed by atoms with Gasteiger partial charge >= 0.3 is 0 Å². The molecule has 3 rings (SSSR count). The van der Waals surface area contributed by atoms with Crippen LogP contribution in [0, 0.1) is 5.82 Å². The number of nitrogens with zero attached hydrogens (tertiary/aromatic N) is 3. The van der Waals surface area contributed by atoms with Gasteiger partial charge in [0.25, 0.3) is 0 Å². The van der Waals surface area contributed by atoms with Gasteiger partial charge in [0.2, 0.25) is 0 Å². The second-order valence-corrected chi connectivity index (χ2v) is 6.76. The van der Waals surface area contributed by atoms with Crippen molar-refractivity contribution in [3.63, 3.8) is 0 Å². The Morgan fingerprint density at radius 2 is 1.96 bits per heavy atom. The molecular formula is C18H25FN4O. The topological polar surface area (TPSA) is 52.0 Å². The molecule has 0 atom stereocenters. The van der Waals surface area contributed by atoms with Crippen LogP contribution in [0.4, 0.5) is 4.39 Å². The summed E-state index contributed by atoms with van der Waals surface area (Å²) >= 11 is 0. The third-order valence-corrected chi connectivity index (χ3v) is 4.66. The molecule has 1 N–H and O–H groups in total. The first-order valence-corrected chi connectivity index (χ1v) is 8.54. The van der Waals surface area contributed by atoms with Gasteiger partial charge in [-0.2, -0.15) is 5.10 Å². The first kappa shape index (κ1) is 17.0. The molecular weight excluding hydrogens is 307 g/mol. The Labute approximate surface area is 142 Å². The molecule has 0 saturated carbocycles. The molecule has 0 aliphatic carbocycles. The number of rotatable bonds is 6.